The van der Waals surface area contributed by atoms with Crippen LogP contribution in [0.25, 0.3) is 0 Å². The molecule has 0 aromatic heterocycles. The molecule has 0 saturated carbocycles. The van der Waals surface area contributed by atoms with Crippen LogP contribution in [0.5, 0.6) is 5.75 Å². The normalized spacial score (nSPS) is 15.3. The van der Waals surface area contributed by atoms with E-state index in [2.05, 4.69) is 64.3 Å². The molecule has 46 heavy (non-hydrogen) atoms. The number of hydrogen-bond acceptors (Lipinski definition) is 7. The van der Waals surface area contributed by atoms with Crippen LogP contribution in [0.2, 0.25) is 0 Å². The van der Waals surface area contributed by atoms with E-state index < -0.39 is 35.7 Å². The van der Waals surface area contributed by atoms with Gasteiger partial charge in [0.2, 0.25) is 5.91 Å². The number of unbranched alkanes of at least 4 members (excludes halogenated alkanes) is 1. The van der Waals surface area contributed by atoms with E-state index in [1.807, 2.05) is 6.07 Å². The predicted octanol–water partition coefficient (Wildman–Crippen LogP) is 6.96. The van der Waals surface area contributed by atoms with E-state index in [1.54, 1.807) is 41.5 Å². The van der Waals surface area contributed by atoms with E-state index >= 15 is 0 Å². The van der Waals surface area contributed by atoms with Gasteiger partial charge in [-0.2, -0.15) is 0 Å². The average Bonchev–Trinajstić information content (AvgIpc) is 2.93. The standard InChI is InChI=1S/C37H64N2O7/c1-13-15-18-38-33(41)25(5)19-31(40)30(39-35(43)46-37(10,11)12)22-28(24(3)4)20-27-16-17-29(36(7,8)9)32(21-27)45-23-26(6)34(42)44-14-2/h16-17,21,24-26,28,30-31,40H,13-15,18-20,22-23H2,1-12H3,(H,38,41)(H,39,43)/t25?,26?,28-,30-,31-/m0/s1. The van der Waals surface area contributed by atoms with Crippen molar-refractivity contribution in [2.24, 2.45) is 23.7 Å². The predicted molar refractivity (Wildman–Crippen MR) is 184 cm³/mol. The summed E-state index contributed by atoms with van der Waals surface area (Å²) < 4.78 is 16.9. The molecule has 1 aromatic carbocycles. The summed E-state index contributed by atoms with van der Waals surface area (Å²) in [6.45, 7) is 24.6. The smallest absolute Gasteiger partial charge is 0.407 e. The minimum Gasteiger partial charge on any atom is -0.492 e. The molecule has 5 atom stereocenters. The molecular formula is C37H64N2O7. The van der Waals surface area contributed by atoms with E-state index in [0.29, 0.717) is 26.0 Å². The number of benzene rings is 1. The Labute approximate surface area is 278 Å². The first-order valence-corrected chi connectivity index (χ1v) is 17.2. The highest BCUT2D eigenvalue weighted by atomic mass is 16.6. The Morgan fingerprint density at radius 1 is 0.935 bits per heavy atom. The Morgan fingerprint density at radius 2 is 1.59 bits per heavy atom. The lowest BCUT2D eigenvalue weighted by Gasteiger charge is -2.32. The third-order valence-corrected chi connectivity index (χ3v) is 8.07. The Kier molecular flexibility index (Phi) is 17.1. The maximum atomic E-state index is 12.9. The molecule has 9 heteroatoms. The van der Waals surface area contributed by atoms with E-state index in [0.717, 1.165) is 29.7 Å². The third kappa shape index (κ3) is 15.2. The minimum absolute atomic E-state index is 0.0788. The molecule has 0 fully saturated rings. The number of hydrogen-bond donors (Lipinski definition) is 3. The molecule has 0 aliphatic heterocycles. The molecule has 1 aromatic rings. The van der Waals surface area contributed by atoms with Crippen molar-refractivity contribution in [1.82, 2.24) is 10.6 Å². The second-order valence-electron chi connectivity index (χ2n) is 15.1. The summed E-state index contributed by atoms with van der Waals surface area (Å²) in [6.07, 6.45) is 1.70. The molecule has 0 heterocycles. The molecular weight excluding hydrogens is 584 g/mol. The number of alkyl carbamates (subject to hydrolysis) is 1. The highest BCUT2D eigenvalue weighted by molar-refractivity contribution is 5.78. The van der Waals surface area contributed by atoms with Gasteiger partial charge in [0, 0.05) is 12.5 Å². The monoisotopic (exact) mass is 648 g/mol. The number of aliphatic hydroxyl groups excluding tert-OH is 1. The lowest BCUT2D eigenvalue weighted by Crippen LogP contribution is -2.48. The molecule has 0 saturated heterocycles. The number of nitrogens with one attached hydrogen (secondary N) is 2. The fraction of sp³-hybridized carbons (Fsp3) is 0.757. The molecule has 3 N–H and O–H groups in total. The Bertz CT molecular complexity index is 1090. The van der Waals surface area contributed by atoms with E-state index in [1.165, 1.54) is 0 Å². The van der Waals surface area contributed by atoms with Crippen molar-refractivity contribution in [3.63, 3.8) is 0 Å². The van der Waals surface area contributed by atoms with E-state index in [4.69, 9.17) is 14.2 Å². The number of aliphatic hydroxyl groups is 1. The fourth-order valence-electron chi connectivity index (χ4n) is 5.19. The van der Waals surface area contributed by atoms with Crippen LogP contribution < -0.4 is 15.4 Å². The number of carbonyl (C=O) groups excluding carboxylic acids is 3. The van der Waals surface area contributed by atoms with Crippen LogP contribution in [-0.4, -0.2) is 60.6 Å². The van der Waals surface area contributed by atoms with Crippen LogP contribution in [-0.2, 0) is 30.9 Å². The molecule has 2 amide bonds. The van der Waals surface area contributed by atoms with Crippen molar-refractivity contribution in [2.75, 3.05) is 19.8 Å². The van der Waals surface area contributed by atoms with Crippen LogP contribution in [0, 0.1) is 23.7 Å². The summed E-state index contributed by atoms with van der Waals surface area (Å²) in [4.78, 5) is 37.8. The number of ether oxygens (including phenoxy) is 3. The number of carbonyl (C=O) groups is 3. The molecule has 0 spiro atoms. The molecule has 0 radical (unpaired) electrons. The van der Waals surface area contributed by atoms with Gasteiger partial charge >= 0.3 is 12.1 Å². The van der Waals surface area contributed by atoms with Crippen LogP contribution in [0.4, 0.5) is 4.79 Å². The van der Waals surface area contributed by atoms with E-state index in [-0.39, 0.29) is 42.2 Å². The summed E-state index contributed by atoms with van der Waals surface area (Å²) in [7, 11) is 0. The van der Waals surface area contributed by atoms with Gasteiger partial charge < -0.3 is 30.0 Å². The van der Waals surface area contributed by atoms with Gasteiger partial charge in [-0.3, -0.25) is 9.59 Å². The van der Waals surface area contributed by atoms with Gasteiger partial charge in [0.05, 0.1) is 24.7 Å². The summed E-state index contributed by atoms with van der Waals surface area (Å²) >= 11 is 0. The lowest BCUT2D eigenvalue weighted by atomic mass is 9.80. The van der Waals surface area contributed by atoms with Gasteiger partial charge in [0.15, 0.2) is 0 Å². The summed E-state index contributed by atoms with van der Waals surface area (Å²) in [5.74, 6) is -0.185. The van der Waals surface area contributed by atoms with Crippen LogP contribution in [0.15, 0.2) is 18.2 Å². The molecule has 2 unspecified atom stereocenters. The van der Waals surface area contributed by atoms with Gasteiger partial charge in [-0.1, -0.05) is 67.0 Å². The first kappa shape index (κ1) is 41.2. The zero-order valence-electron chi connectivity index (χ0n) is 30.7. The molecule has 0 bridgehead atoms. The van der Waals surface area contributed by atoms with Crippen LogP contribution in [0.1, 0.15) is 120 Å². The van der Waals surface area contributed by atoms with Crippen molar-refractivity contribution >= 4 is 18.0 Å². The highest BCUT2D eigenvalue weighted by Gasteiger charge is 2.31. The SMILES string of the molecule is CCCCNC(=O)C(C)C[C@H](O)[C@H](C[C@H](Cc1ccc(C(C)(C)C)c(OCC(C)C(=O)OCC)c1)C(C)C)NC(=O)OC(C)(C)C. The molecule has 1 rings (SSSR count). The van der Waals surface area contributed by atoms with Crippen molar-refractivity contribution in [1.29, 1.82) is 0 Å². The highest BCUT2D eigenvalue weighted by Crippen LogP contribution is 2.34. The van der Waals surface area contributed by atoms with Crippen LogP contribution >= 0.6 is 0 Å². The van der Waals surface area contributed by atoms with Crippen molar-refractivity contribution in [3.05, 3.63) is 29.3 Å². The average molecular weight is 649 g/mol. The summed E-state index contributed by atoms with van der Waals surface area (Å²) in [5, 5.41) is 17.3. The maximum absolute atomic E-state index is 12.9. The first-order chi connectivity index (χ1) is 21.3. The minimum atomic E-state index is -0.952. The Hall–Kier alpha value is -2.81. The number of amides is 2. The van der Waals surface area contributed by atoms with Crippen molar-refractivity contribution in [2.45, 2.75) is 138 Å². The van der Waals surface area contributed by atoms with Gasteiger partial charge in [0.1, 0.15) is 18.0 Å². The van der Waals surface area contributed by atoms with Crippen molar-refractivity contribution in [3.8, 4) is 5.75 Å². The Balaban J connectivity index is 3.27. The summed E-state index contributed by atoms with van der Waals surface area (Å²) in [6, 6.07) is 5.61. The van der Waals surface area contributed by atoms with E-state index in [9.17, 15) is 19.5 Å². The zero-order valence-corrected chi connectivity index (χ0v) is 30.7. The fourth-order valence-corrected chi connectivity index (χ4v) is 5.19. The zero-order chi connectivity index (χ0) is 35.2. The quantitative estimate of drug-likeness (QED) is 0.116. The lowest BCUT2D eigenvalue weighted by molar-refractivity contribution is -0.148. The molecule has 9 nitrogen and oxygen atoms in total. The second-order valence-corrected chi connectivity index (χ2v) is 15.1. The van der Waals surface area contributed by atoms with Gasteiger partial charge in [-0.05, 0) is 94.7 Å². The van der Waals surface area contributed by atoms with Crippen molar-refractivity contribution < 1.29 is 33.7 Å². The first-order valence-electron chi connectivity index (χ1n) is 17.2. The van der Waals surface area contributed by atoms with Crippen LogP contribution in [0.3, 0.4) is 0 Å². The molecule has 0 aliphatic carbocycles. The topological polar surface area (TPSA) is 123 Å². The summed E-state index contributed by atoms with van der Waals surface area (Å²) in [5.41, 5.74) is 1.23. The van der Waals surface area contributed by atoms with Gasteiger partial charge in [-0.25, -0.2) is 4.79 Å². The number of esters is 1. The Morgan fingerprint density at radius 3 is 2.13 bits per heavy atom. The second kappa shape index (κ2) is 19.1. The van der Waals surface area contributed by atoms with Gasteiger partial charge in [0.25, 0.3) is 0 Å². The maximum Gasteiger partial charge on any atom is 0.407 e. The molecule has 264 valence electrons. The largest absolute Gasteiger partial charge is 0.492 e. The molecule has 0 aliphatic rings. The van der Waals surface area contributed by atoms with Gasteiger partial charge in [-0.15, -0.1) is 0 Å². The third-order valence-electron chi connectivity index (χ3n) is 8.07. The number of rotatable bonds is 18.